The fourth-order valence-electron chi connectivity index (χ4n) is 2.64. The van der Waals surface area contributed by atoms with Crippen molar-refractivity contribution in [2.75, 3.05) is 5.32 Å². The quantitative estimate of drug-likeness (QED) is 0.914. The van der Waals surface area contributed by atoms with Gasteiger partial charge in [0.2, 0.25) is 0 Å². The molecule has 0 atom stereocenters. The van der Waals surface area contributed by atoms with Crippen LogP contribution in [0.25, 0.3) is 0 Å². The van der Waals surface area contributed by atoms with E-state index in [0.717, 1.165) is 25.7 Å². The largest absolute Gasteiger partial charge is 0.335 e. The zero-order chi connectivity index (χ0) is 13.9. The summed E-state index contributed by atoms with van der Waals surface area (Å²) in [5.74, 6) is 0.626. The molecule has 2 aromatic rings. The Kier molecular flexibility index (Phi) is 3.49. The maximum Gasteiger partial charge on any atom is 0.321 e. The normalized spacial score (nSPS) is 22.6. The lowest BCUT2D eigenvalue weighted by molar-refractivity contribution is 0.299. The smallest absolute Gasteiger partial charge is 0.321 e. The fraction of sp³-hybridized carbons (Fsp3) is 0.538. The maximum atomic E-state index is 11.7. The summed E-state index contributed by atoms with van der Waals surface area (Å²) in [7, 11) is 0. The molecule has 0 amide bonds. The van der Waals surface area contributed by atoms with Gasteiger partial charge < -0.3 is 9.84 Å². The maximum absolute atomic E-state index is 11.7. The summed E-state index contributed by atoms with van der Waals surface area (Å²) in [6.45, 7) is 1.79. The molecule has 1 N–H and O–H groups in total. The highest BCUT2D eigenvalue weighted by Crippen LogP contribution is 2.28. The predicted molar refractivity (Wildman–Crippen MR) is 72.4 cm³/mol. The van der Waals surface area contributed by atoms with Gasteiger partial charge in [0.25, 0.3) is 5.56 Å². The van der Waals surface area contributed by atoms with Gasteiger partial charge in [-0.3, -0.25) is 4.79 Å². The Labute approximate surface area is 116 Å². The second-order valence-electron chi connectivity index (χ2n) is 5.10. The van der Waals surface area contributed by atoms with Crippen LogP contribution in [0.1, 0.15) is 37.5 Å². The summed E-state index contributed by atoms with van der Waals surface area (Å²) >= 11 is 0. The number of rotatable bonds is 3. The molecule has 0 aliphatic heterocycles. The van der Waals surface area contributed by atoms with E-state index in [4.69, 9.17) is 4.52 Å². The lowest BCUT2D eigenvalue weighted by Crippen LogP contribution is -2.32. The van der Waals surface area contributed by atoms with Gasteiger partial charge >= 0.3 is 6.01 Å². The van der Waals surface area contributed by atoms with Crippen LogP contribution in [0.4, 0.5) is 6.01 Å². The lowest BCUT2D eigenvalue weighted by atomic mass is 9.91. The van der Waals surface area contributed by atoms with Crippen LogP contribution in [-0.4, -0.2) is 26.0 Å². The first kappa shape index (κ1) is 12.8. The molecule has 1 saturated carbocycles. The SMILES string of the molecule is Cc1noc(NC2CCC(n3ncccc3=O)CC2)n1. The van der Waals surface area contributed by atoms with E-state index in [1.54, 1.807) is 29.9 Å². The second kappa shape index (κ2) is 5.44. The second-order valence-corrected chi connectivity index (χ2v) is 5.10. The Morgan fingerprint density at radius 2 is 2.15 bits per heavy atom. The summed E-state index contributed by atoms with van der Waals surface area (Å²) in [6, 6.07) is 4.19. The topological polar surface area (TPSA) is 85.8 Å². The molecule has 0 unspecified atom stereocenters. The van der Waals surface area contributed by atoms with Crippen molar-refractivity contribution < 1.29 is 4.52 Å². The first-order valence-electron chi connectivity index (χ1n) is 6.83. The van der Waals surface area contributed by atoms with Crippen molar-refractivity contribution in [3.63, 3.8) is 0 Å². The Bertz CT molecular complexity index is 627. The number of hydrogen-bond donors (Lipinski definition) is 1. The van der Waals surface area contributed by atoms with Gasteiger partial charge in [-0.25, -0.2) is 4.68 Å². The van der Waals surface area contributed by atoms with Crippen LogP contribution in [0, 0.1) is 6.92 Å². The number of nitrogens with one attached hydrogen (secondary N) is 1. The number of nitrogens with zero attached hydrogens (tertiary/aromatic N) is 4. The molecule has 3 rings (SSSR count). The molecule has 1 fully saturated rings. The van der Waals surface area contributed by atoms with Crippen molar-refractivity contribution in [1.29, 1.82) is 0 Å². The predicted octanol–water partition coefficient (Wildman–Crippen LogP) is 1.53. The van der Waals surface area contributed by atoms with Crippen molar-refractivity contribution in [2.24, 2.45) is 0 Å². The van der Waals surface area contributed by atoms with Crippen LogP contribution in [-0.2, 0) is 0 Å². The van der Waals surface area contributed by atoms with E-state index in [0.29, 0.717) is 17.9 Å². The summed E-state index contributed by atoms with van der Waals surface area (Å²) in [4.78, 5) is 15.9. The van der Waals surface area contributed by atoms with Gasteiger partial charge in [0.15, 0.2) is 5.82 Å². The molecule has 0 saturated heterocycles. The summed E-state index contributed by atoms with van der Waals surface area (Å²) in [5, 5.41) is 11.1. The third-order valence-electron chi connectivity index (χ3n) is 3.64. The minimum absolute atomic E-state index is 0.0311. The molecule has 1 aliphatic rings. The molecule has 0 bridgehead atoms. The van der Waals surface area contributed by atoms with Gasteiger partial charge in [-0.1, -0.05) is 5.16 Å². The summed E-state index contributed by atoms with van der Waals surface area (Å²) in [5.41, 5.74) is -0.0311. The third-order valence-corrected chi connectivity index (χ3v) is 3.64. The highest BCUT2D eigenvalue weighted by atomic mass is 16.5. The molecule has 0 aromatic carbocycles. The van der Waals surface area contributed by atoms with E-state index in [1.807, 2.05) is 0 Å². The van der Waals surface area contributed by atoms with Crippen molar-refractivity contribution in [1.82, 2.24) is 19.9 Å². The van der Waals surface area contributed by atoms with E-state index in [2.05, 4.69) is 20.6 Å². The van der Waals surface area contributed by atoms with Gasteiger partial charge in [0, 0.05) is 18.3 Å². The van der Waals surface area contributed by atoms with Crippen molar-refractivity contribution >= 4 is 6.01 Å². The third kappa shape index (κ3) is 2.71. The molecule has 2 aromatic heterocycles. The van der Waals surface area contributed by atoms with E-state index in [9.17, 15) is 4.79 Å². The zero-order valence-corrected chi connectivity index (χ0v) is 11.3. The van der Waals surface area contributed by atoms with Crippen LogP contribution in [0.3, 0.4) is 0 Å². The summed E-state index contributed by atoms with van der Waals surface area (Å²) in [6.07, 6.45) is 5.40. The molecule has 7 nitrogen and oxygen atoms in total. The average Bonchev–Trinajstić information content (AvgIpc) is 2.86. The minimum Gasteiger partial charge on any atom is -0.335 e. The lowest BCUT2D eigenvalue weighted by Gasteiger charge is -2.28. The number of aromatic nitrogens is 4. The van der Waals surface area contributed by atoms with Crippen molar-refractivity contribution in [2.45, 2.75) is 44.7 Å². The molecule has 0 spiro atoms. The highest BCUT2D eigenvalue weighted by molar-refractivity contribution is 5.20. The Morgan fingerprint density at radius 3 is 2.80 bits per heavy atom. The molecular weight excluding hydrogens is 258 g/mol. The fourth-order valence-corrected chi connectivity index (χ4v) is 2.64. The number of anilines is 1. The molecule has 2 heterocycles. The molecule has 0 radical (unpaired) electrons. The van der Waals surface area contributed by atoms with Crippen LogP contribution < -0.4 is 10.9 Å². The molecular formula is C13H17N5O2. The van der Waals surface area contributed by atoms with Gasteiger partial charge in [0.05, 0.1) is 6.04 Å². The van der Waals surface area contributed by atoms with Crippen molar-refractivity contribution in [3.05, 3.63) is 34.5 Å². The van der Waals surface area contributed by atoms with Gasteiger partial charge in [-0.2, -0.15) is 10.1 Å². The van der Waals surface area contributed by atoms with Gasteiger partial charge in [-0.05, 0) is 38.7 Å². The van der Waals surface area contributed by atoms with E-state index >= 15 is 0 Å². The highest BCUT2D eigenvalue weighted by Gasteiger charge is 2.24. The molecule has 106 valence electrons. The Morgan fingerprint density at radius 1 is 1.35 bits per heavy atom. The Balaban J connectivity index is 1.60. The standard InChI is InChI=1S/C13H17N5O2/c1-9-15-13(20-17-9)16-10-4-6-11(7-5-10)18-12(19)3-2-8-14-18/h2-3,8,10-11H,4-7H2,1H3,(H,15,16,17). The Hall–Kier alpha value is -2.18. The molecule has 1 aliphatic carbocycles. The minimum atomic E-state index is -0.0311. The molecule has 20 heavy (non-hydrogen) atoms. The van der Waals surface area contributed by atoms with E-state index in [-0.39, 0.29) is 11.6 Å². The molecule has 7 heteroatoms. The van der Waals surface area contributed by atoms with E-state index < -0.39 is 0 Å². The van der Waals surface area contributed by atoms with Crippen LogP contribution in [0.2, 0.25) is 0 Å². The zero-order valence-electron chi connectivity index (χ0n) is 11.3. The van der Waals surface area contributed by atoms with Gasteiger partial charge in [-0.15, -0.1) is 0 Å². The monoisotopic (exact) mass is 275 g/mol. The van der Waals surface area contributed by atoms with Gasteiger partial charge in [0.1, 0.15) is 0 Å². The first-order valence-corrected chi connectivity index (χ1v) is 6.83. The van der Waals surface area contributed by atoms with Crippen molar-refractivity contribution in [3.8, 4) is 0 Å². The van der Waals surface area contributed by atoms with Crippen LogP contribution in [0.15, 0.2) is 27.6 Å². The summed E-state index contributed by atoms with van der Waals surface area (Å²) < 4.78 is 6.65. The van der Waals surface area contributed by atoms with E-state index in [1.165, 1.54) is 0 Å². The number of hydrogen-bond acceptors (Lipinski definition) is 6. The first-order chi connectivity index (χ1) is 9.72. The van der Waals surface area contributed by atoms with Crippen LogP contribution >= 0.6 is 0 Å². The number of aryl methyl sites for hydroxylation is 1. The van der Waals surface area contributed by atoms with Crippen LogP contribution in [0.5, 0.6) is 0 Å². The average molecular weight is 275 g/mol.